The molecule has 0 aromatic heterocycles. The van der Waals surface area contributed by atoms with Crippen LogP contribution in [0.1, 0.15) is 6.92 Å². The zero-order valence-electron chi connectivity index (χ0n) is 9.50. The van der Waals surface area contributed by atoms with Crippen LogP contribution in [0, 0.1) is 11.6 Å². The summed E-state index contributed by atoms with van der Waals surface area (Å²) in [5.41, 5.74) is 0. The molecule has 0 radical (unpaired) electrons. The van der Waals surface area contributed by atoms with Crippen molar-refractivity contribution in [1.82, 2.24) is 10.0 Å². The Balaban J connectivity index is 2.93. The SMILES string of the molecule is CNC(C)CNS(=O)(=O)c1cc(F)ccc1F. The van der Waals surface area contributed by atoms with Gasteiger partial charge in [-0.15, -0.1) is 0 Å². The van der Waals surface area contributed by atoms with Crippen LogP contribution in [-0.2, 0) is 10.0 Å². The normalized spacial score (nSPS) is 13.6. The van der Waals surface area contributed by atoms with E-state index in [0.717, 1.165) is 12.1 Å². The molecule has 7 heteroatoms. The Hall–Kier alpha value is -1.05. The molecule has 0 aliphatic heterocycles. The molecule has 4 nitrogen and oxygen atoms in total. The Labute approximate surface area is 99.1 Å². The molecule has 96 valence electrons. The molecule has 0 bridgehead atoms. The molecular formula is C10H14F2N2O2S. The van der Waals surface area contributed by atoms with Gasteiger partial charge in [-0.05, 0) is 32.2 Å². The highest BCUT2D eigenvalue weighted by atomic mass is 32.2. The third kappa shape index (κ3) is 3.72. The van der Waals surface area contributed by atoms with Crippen LogP contribution in [0.3, 0.4) is 0 Å². The van der Waals surface area contributed by atoms with E-state index in [4.69, 9.17) is 0 Å². The molecule has 0 aliphatic rings. The lowest BCUT2D eigenvalue weighted by atomic mass is 10.3. The van der Waals surface area contributed by atoms with Crippen LogP contribution < -0.4 is 10.0 Å². The third-order valence-corrected chi connectivity index (χ3v) is 3.69. The van der Waals surface area contributed by atoms with Crippen LogP contribution in [0.15, 0.2) is 23.1 Å². The van der Waals surface area contributed by atoms with E-state index in [0.29, 0.717) is 6.07 Å². The fraction of sp³-hybridized carbons (Fsp3) is 0.400. The zero-order valence-corrected chi connectivity index (χ0v) is 10.3. The van der Waals surface area contributed by atoms with Crippen LogP contribution in [0.25, 0.3) is 0 Å². The monoisotopic (exact) mass is 264 g/mol. The highest BCUT2D eigenvalue weighted by Crippen LogP contribution is 2.15. The summed E-state index contributed by atoms with van der Waals surface area (Å²) in [4.78, 5) is -0.680. The van der Waals surface area contributed by atoms with E-state index in [1.54, 1.807) is 14.0 Å². The Kier molecular flexibility index (Phi) is 4.55. The lowest BCUT2D eigenvalue weighted by molar-refractivity contribution is 0.534. The minimum atomic E-state index is -4.02. The molecule has 0 fully saturated rings. The number of likely N-dealkylation sites (N-methyl/N-ethyl adjacent to an activating group) is 1. The topological polar surface area (TPSA) is 58.2 Å². The molecule has 0 saturated carbocycles. The second kappa shape index (κ2) is 5.52. The average molecular weight is 264 g/mol. The van der Waals surface area contributed by atoms with Crippen LogP contribution in [0.2, 0.25) is 0 Å². The maximum atomic E-state index is 13.3. The number of nitrogens with one attached hydrogen (secondary N) is 2. The van der Waals surface area contributed by atoms with Crippen molar-refractivity contribution in [3.63, 3.8) is 0 Å². The van der Waals surface area contributed by atoms with Crippen molar-refractivity contribution in [3.05, 3.63) is 29.8 Å². The number of benzene rings is 1. The molecule has 1 aromatic rings. The first-order chi connectivity index (χ1) is 7.86. The van der Waals surface area contributed by atoms with Gasteiger partial charge in [0, 0.05) is 12.6 Å². The number of rotatable bonds is 5. The molecule has 1 unspecified atom stereocenters. The maximum absolute atomic E-state index is 13.3. The highest BCUT2D eigenvalue weighted by molar-refractivity contribution is 7.89. The first-order valence-corrected chi connectivity index (χ1v) is 6.47. The summed E-state index contributed by atoms with van der Waals surface area (Å²) in [5.74, 6) is -1.77. The second-order valence-corrected chi connectivity index (χ2v) is 5.35. The van der Waals surface area contributed by atoms with Gasteiger partial charge < -0.3 is 5.32 Å². The van der Waals surface area contributed by atoms with Gasteiger partial charge in [0.1, 0.15) is 16.5 Å². The summed E-state index contributed by atoms with van der Waals surface area (Å²) in [6.45, 7) is 1.85. The molecule has 1 atom stereocenters. The minimum absolute atomic E-state index is 0.0921. The molecule has 0 heterocycles. The summed E-state index contributed by atoms with van der Waals surface area (Å²) >= 11 is 0. The smallest absolute Gasteiger partial charge is 0.243 e. The number of hydrogen-bond donors (Lipinski definition) is 2. The molecule has 2 N–H and O–H groups in total. The van der Waals surface area contributed by atoms with E-state index < -0.39 is 26.6 Å². The Morgan fingerprint density at radius 1 is 1.35 bits per heavy atom. The van der Waals surface area contributed by atoms with Crippen molar-refractivity contribution >= 4 is 10.0 Å². The van der Waals surface area contributed by atoms with Gasteiger partial charge in [0.25, 0.3) is 0 Å². The summed E-state index contributed by atoms with van der Waals surface area (Å²) in [7, 11) is -2.36. The van der Waals surface area contributed by atoms with Crippen molar-refractivity contribution in [2.45, 2.75) is 17.9 Å². The maximum Gasteiger partial charge on any atom is 0.243 e. The fourth-order valence-corrected chi connectivity index (χ4v) is 2.32. The number of sulfonamides is 1. The van der Waals surface area contributed by atoms with Crippen molar-refractivity contribution in [2.75, 3.05) is 13.6 Å². The lowest BCUT2D eigenvalue weighted by Crippen LogP contribution is -2.37. The van der Waals surface area contributed by atoms with E-state index in [1.165, 1.54) is 0 Å². The Morgan fingerprint density at radius 3 is 2.59 bits per heavy atom. The second-order valence-electron chi connectivity index (χ2n) is 3.62. The number of halogens is 2. The summed E-state index contributed by atoms with van der Waals surface area (Å²) in [6, 6.07) is 2.19. The molecule has 0 aliphatic carbocycles. The van der Waals surface area contributed by atoms with Crippen molar-refractivity contribution in [3.8, 4) is 0 Å². The van der Waals surface area contributed by atoms with E-state index in [2.05, 4.69) is 10.0 Å². The molecule has 1 rings (SSSR count). The van der Waals surface area contributed by atoms with Crippen LogP contribution in [-0.4, -0.2) is 28.1 Å². The predicted molar refractivity (Wildman–Crippen MR) is 60.1 cm³/mol. The molecular weight excluding hydrogens is 250 g/mol. The third-order valence-electron chi connectivity index (χ3n) is 2.26. The van der Waals surface area contributed by atoms with Crippen LogP contribution >= 0.6 is 0 Å². The van der Waals surface area contributed by atoms with E-state index in [1.807, 2.05) is 0 Å². The first kappa shape index (κ1) is 14.0. The minimum Gasteiger partial charge on any atom is -0.316 e. The van der Waals surface area contributed by atoms with Crippen molar-refractivity contribution in [2.24, 2.45) is 0 Å². The van der Waals surface area contributed by atoms with Gasteiger partial charge in [-0.3, -0.25) is 0 Å². The average Bonchev–Trinajstić information content (AvgIpc) is 2.29. The summed E-state index contributed by atoms with van der Waals surface area (Å²) in [5, 5.41) is 2.82. The highest BCUT2D eigenvalue weighted by Gasteiger charge is 2.20. The number of hydrogen-bond acceptors (Lipinski definition) is 3. The standard InChI is InChI=1S/C10H14F2N2O2S/c1-7(13-2)6-14-17(15,16)10-5-8(11)3-4-9(10)12/h3-5,7,13-14H,6H2,1-2H3. The van der Waals surface area contributed by atoms with Crippen molar-refractivity contribution in [1.29, 1.82) is 0 Å². The van der Waals surface area contributed by atoms with Gasteiger partial charge in [-0.1, -0.05) is 0 Å². The van der Waals surface area contributed by atoms with Crippen LogP contribution in [0.5, 0.6) is 0 Å². The molecule has 0 spiro atoms. The van der Waals surface area contributed by atoms with E-state index >= 15 is 0 Å². The van der Waals surface area contributed by atoms with Gasteiger partial charge >= 0.3 is 0 Å². The van der Waals surface area contributed by atoms with E-state index in [9.17, 15) is 17.2 Å². The Morgan fingerprint density at radius 2 is 2.00 bits per heavy atom. The quantitative estimate of drug-likeness (QED) is 0.829. The first-order valence-electron chi connectivity index (χ1n) is 4.99. The molecule has 0 saturated heterocycles. The molecule has 1 aromatic carbocycles. The van der Waals surface area contributed by atoms with Gasteiger partial charge in [-0.25, -0.2) is 21.9 Å². The molecule has 0 amide bonds. The van der Waals surface area contributed by atoms with Gasteiger partial charge in [0.15, 0.2) is 0 Å². The molecule has 17 heavy (non-hydrogen) atoms. The fourth-order valence-electron chi connectivity index (χ4n) is 1.10. The summed E-state index contributed by atoms with van der Waals surface area (Å²) in [6.07, 6.45) is 0. The zero-order chi connectivity index (χ0) is 13.1. The van der Waals surface area contributed by atoms with E-state index in [-0.39, 0.29) is 12.6 Å². The van der Waals surface area contributed by atoms with Crippen LogP contribution in [0.4, 0.5) is 8.78 Å². The summed E-state index contributed by atoms with van der Waals surface area (Å²) < 4.78 is 51.7. The van der Waals surface area contributed by atoms with Gasteiger partial charge in [0.2, 0.25) is 10.0 Å². The van der Waals surface area contributed by atoms with Gasteiger partial charge in [0.05, 0.1) is 0 Å². The van der Waals surface area contributed by atoms with Crippen molar-refractivity contribution < 1.29 is 17.2 Å². The Bertz CT molecular complexity index is 491. The lowest BCUT2D eigenvalue weighted by Gasteiger charge is -2.12. The predicted octanol–water partition coefficient (Wildman–Crippen LogP) is 0.851. The largest absolute Gasteiger partial charge is 0.316 e. The van der Waals surface area contributed by atoms with Gasteiger partial charge in [-0.2, -0.15) is 0 Å².